The Morgan fingerprint density at radius 1 is 1.31 bits per heavy atom. The molecule has 2 N–H and O–H groups in total. The number of aromatic nitrogens is 5. The Labute approximate surface area is 157 Å². The number of nitrogens with zero attached hydrogens (tertiary/aromatic N) is 4. The maximum Gasteiger partial charge on any atom is 0.267 e. The Kier molecular flexibility index (Phi) is 4.26. The van der Waals surface area contributed by atoms with Gasteiger partial charge in [-0.25, -0.2) is 14.6 Å². The summed E-state index contributed by atoms with van der Waals surface area (Å²) in [6.07, 6.45) is 4.71. The van der Waals surface area contributed by atoms with E-state index >= 15 is 0 Å². The van der Waals surface area contributed by atoms with Crippen LogP contribution in [0.3, 0.4) is 0 Å². The number of benzene rings is 1. The van der Waals surface area contributed by atoms with Crippen molar-refractivity contribution in [1.82, 2.24) is 30.0 Å². The predicted molar refractivity (Wildman–Crippen MR) is 101 cm³/mol. The van der Waals surface area contributed by atoms with Gasteiger partial charge < -0.3 is 10.3 Å². The Morgan fingerprint density at radius 3 is 3.00 bits per heavy atom. The molecule has 3 heterocycles. The summed E-state index contributed by atoms with van der Waals surface area (Å²) in [5, 5.41) is 7.98. The number of amides is 1. The van der Waals surface area contributed by atoms with E-state index in [1.54, 1.807) is 17.2 Å². The molecule has 3 aromatic heterocycles. The SMILES string of the molecule is Cc1cc(Br)cc2cc(C(=O)NCc3ccnc(-n4cncn4)c3)[nH]c12. The molecule has 7 nitrogen and oxygen atoms in total. The van der Waals surface area contributed by atoms with Gasteiger partial charge in [0, 0.05) is 28.1 Å². The van der Waals surface area contributed by atoms with E-state index < -0.39 is 0 Å². The first kappa shape index (κ1) is 16.5. The maximum atomic E-state index is 12.5. The maximum absolute atomic E-state index is 12.5. The second-order valence-corrected chi connectivity index (χ2v) is 6.83. The summed E-state index contributed by atoms with van der Waals surface area (Å²) in [7, 11) is 0. The van der Waals surface area contributed by atoms with Crippen LogP contribution in [0.15, 0.2) is 53.7 Å². The highest BCUT2D eigenvalue weighted by Crippen LogP contribution is 2.24. The van der Waals surface area contributed by atoms with E-state index in [9.17, 15) is 4.79 Å². The van der Waals surface area contributed by atoms with Gasteiger partial charge in [0.15, 0.2) is 5.82 Å². The first-order valence-corrected chi connectivity index (χ1v) is 8.76. The fraction of sp³-hybridized carbons (Fsp3) is 0.111. The molecule has 0 aliphatic carbocycles. The van der Waals surface area contributed by atoms with Crippen LogP contribution in [-0.4, -0.2) is 30.6 Å². The average molecular weight is 411 g/mol. The third kappa shape index (κ3) is 3.23. The molecule has 0 spiro atoms. The van der Waals surface area contributed by atoms with E-state index in [0.29, 0.717) is 18.1 Å². The lowest BCUT2D eigenvalue weighted by Gasteiger charge is -2.06. The highest BCUT2D eigenvalue weighted by molar-refractivity contribution is 9.10. The predicted octanol–water partition coefficient (Wildman–Crippen LogP) is 3.14. The van der Waals surface area contributed by atoms with Gasteiger partial charge in [-0.3, -0.25) is 4.79 Å². The van der Waals surface area contributed by atoms with Gasteiger partial charge >= 0.3 is 0 Å². The van der Waals surface area contributed by atoms with Gasteiger partial charge in [0.2, 0.25) is 0 Å². The standard InChI is InChI=1S/C18H15BrN6O/c1-11-4-14(19)6-13-7-15(24-17(11)13)18(26)22-8-12-2-3-21-16(5-12)25-10-20-9-23-25/h2-7,9-10,24H,8H2,1H3,(H,22,26). The van der Waals surface area contributed by atoms with Gasteiger partial charge in [-0.1, -0.05) is 15.9 Å². The van der Waals surface area contributed by atoms with Crippen molar-refractivity contribution in [3.63, 3.8) is 0 Å². The van der Waals surface area contributed by atoms with Crippen LogP contribution in [0, 0.1) is 6.92 Å². The zero-order valence-electron chi connectivity index (χ0n) is 13.9. The Balaban J connectivity index is 1.51. The van der Waals surface area contributed by atoms with E-state index in [0.717, 1.165) is 26.5 Å². The third-order valence-corrected chi connectivity index (χ3v) is 4.51. The smallest absolute Gasteiger partial charge is 0.267 e. The number of pyridine rings is 1. The number of hydrogen-bond donors (Lipinski definition) is 2. The van der Waals surface area contributed by atoms with Crippen LogP contribution in [0.1, 0.15) is 21.6 Å². The molecule has 26 heavy (non-hydrogen) atoms. The van der Waals surface area contributed by atoms with Gasteiger partial charge in [0.05, 0.1) is 0 Å². The van der Waals surface area contributed by atoms with Crippen molar-refractivity contribution in [2.75, 3.05) is 0 Å². The molecule has 0 aliphatic rings. The molecule has 0 atom stereocenters. The zero-order valence-corrected chi connectivity index (χ0v) is 15.5. The molecule has 1 amide bonds. The van der Waals surface area contributed by atoms with Crippen molar-refractivity contribution in [2.45, 2.75) is 13.5 Å². The fourth-order valence-corrected chi connectivity index (χ4v) is 3.39. The highest BCUT2D eigenvalue weighted by Gasteiger charge is 2.11. The largest absolute Gasteiger partial charge is 0.350 e. The van der Waals surface area contributed by atoms with Crippen LogP contribution in [0.5, 0.6) is 0 Å². The average Bonchev–Trinajstić information content (AvgIpc) is 3.29. The van der Waals surface area contributed by atoms with Gasteiger partial charge in [-0.15, -0.1) is 0 Å². The van der Waals surface area contributed by atoms with Gasteiger partial charge in [0.1, 0.15) is 18.3 Å². The summed E-state index contributed by atoms with van der Waals surface area (Å²) < 4.78 is 2.56. The minimum atomic E-state index is -0.157. The van der Waals surface area contributed by atoms with E-state index in [2.05, 4.69) is 41.3 Å². The molecule has 0 bridgehead atoms. The van der Waals surface area contributed by atoms with Gasteiger partial charge in [-0.2, -0.15) is 5.10 Å². The molecule has 0 saturated carbocycles. The molecule has 4 rings (SSSR count). The van der Waals surface area contributed by atoms with Crippen molar-refractivity contribution in [1.29, 1.82) is 0 Å². The third-order valence-electron chi connectivity index (χ3n) is 4.05. The number of fused-ring (bicyclic) bond motifs is 1. The summed E-state index contributed by atoms with van der Waals surface area (Å²) in [5.41, 5.74) is 3.51. The van der Waals surface area contributed by atoms with Crippen LogP contribution in [0.4, 0.5) is 0 Å². The first-order valence-electron chi connectivity index (χ1n) is 7.97. The van der Waals surface area contributed by atoms with Crippen molar-refractivity contribution >= 4 is 32.7 Å². The number of H-pyrrole nitrogens is 1. The summed E-state index contributed by atoms with van der Waals surface area (Å²) in [5.74, 6) is 0.496. The number of aromatic amines is 1. The topological polar surface area (TPSA) is 88.5 Å². The molecule has 0 aliphatic heterocycles. The molecule has 0 radical (unpaired) electrons. The van der Waals surface area contributed by atoms with Crippen LogP contribution in [0.2, 0.25) is 0 Å². The van der Waals surface area contributed by atoms with Crippen LogP contribution in [-0.2, 0) is 6.54 Å². The number of halogens is 1. The molecule has 1 aromatic carbocycles. The quantitative estimate of drug-likeness (QED) is 0.540. The second kappa shape index (κ2) is 6.72. The van der Waals surface area contributed by atoms with Gasteiger partial charge in [-0.05, 0) is 48.4 Å². The highest BCUT2D eigenvalue weighted by atomic mass is 79.9. The van der Waals surface area contributed by atoms with Crippen molar-refractivity contribution in [2.24, 2.45) is 0 Å². The molecule has 0 saturated heterocycles. The van der Waals surface area contributed by atoms with Crippen molar-refractivity contribution in [3.05, 3.63) is 70.5 Å². The van der Waals surface area contributed by atoms with Crippen LogP contribution >= 0.6 is 15.9 Å². The molecular formula is C18H15BrN6O. The molecule has 0 fully saturated rings. The molecule has 4 aromatic rings. The number of aryl methyl sites for hydroxylation is 1. The van der Waals surface area contributed by atoms with E-state index in [4.69, 9.17) is 0 Å². The monoisotopic (exact) mass is 410 g/mol. The lowest BCUT2D eigenvalue weighted by Crippen LogP contribution is -2.23. The lowest BCUT2D eigenvalue weighted by molar-refractivity contribution is 0.0946. The second-order valence-electron chi connectivity index (χ2n) is 5.91. The number of carbonyl (C=O) groups excluding carboxylic acids is 1. The van der Waals surface area contributed by atoms with Crippen molar-refractivity contribution in [3.8, 4) is 5.82 Å². The van der Waals surface area contributed by atoms with E-state index in [-0.39, 0.29) is 5.91 Å². The summed E-state index contributed by atoms with van der Waals surface area (Å²) in [4.78, 5) is 23.9. The van der Waals surface area contributed by atoms with Gasteiger partial charge in [0.25, 0.3) is 5.91 Å². The zero-order chi connectivity index (χ0) is 18.1. The summed E-state index contributed by atoms with van der Waals surface area (Å²) in [6, 6.07) is 9.58. The number of nitrogens with one attached hydrogen (secondary N) is 2. The van der Waals surface area contributed by atoms with Crippen molar-refractivity contribution < 1.29 is 4.79 Å². The molecule has 8 heteroatoms. The Morgan fingerprint density at radius 2 is 2.19 bits per heavy atom. The molecule has 0 unspecified atom stereocenters. The van der Waals surface area contributed by atoms with E-state index in [1.165, 1.54) is 6.33 Å². The summed E-state index contributed by atoms with van der Waals surface area (Å²) in [6.45, 7) is 2.40. The fourth-order valence-electron chi connectivity index (χ4n) is 2.80. The minimum absolute atomic E-state index is 0.157. The minimum Gasteiger partial charge on any atom is -0.350 e. The normalized spacial score (nSPS) is 11.0. The Hall–Kier alpha value is -3.00. The van der Waals surface area contributed by atoms with Crippen LogP contribution in [0.25, 0.3) is 16.7 Å². The van der Waals surface area contributed by atoms with E-state index in [1.807, 2.05) is 37.3 Å². The van der Waals surface area contributed by atoms with Crippen LogP contribution < -0.4 is 5.32 Å². The number of hydrogen-bond acceptors (Lipinski definition) is 4. The number of rotatable bonds is 4. The lowest BCUT2D eigenvalue weighted by atomic mass is 10.2. The summed E-state index contributed by atoms with van der Waals surface area (Å²) >= 11 is 3.48. The molecular weight excluding hydrogens is 396 g/mol. The Bertz CT molecular complexity index is 1090. The molecule has 130 valence electrons. The first-order chi connectivity index (χ1) is 12.6. The number of carbonyl (C=O) groups is 1.